The summed E-state index contributed by atoms with van der Waals surface area (Å²) in [5, 5.41) is 2.80. The van der Waals surface area contributed by atoms with Crippen LogP contribution >= 0.6 is 12.4 Å². The van der Waals surface area contributed by atoms with Gasteiger partial charge in [-0.3, -0.25) is 9.59 Å². The molecule has 0 aromatic heterocycles. The van der Waals surface area contributed by atoms with Crippen molar-refractivity contribution in [3.05, 3.63) is 35.9 Å². The van der Waals surface area contributed by atoms with Crippen molar-refractivity contribution in [2.45, 2.75) is 18.4 Å². The van der Waals surface area contributed by atoms with Gasteiger partial charge in [-0.1, -0.05) is 30.3 Å². The van der Waals surface area contributed by atoms with E-state index < -0.39 is 12.0 Å². The van der Waals surface area contributed by atoms with E-state index in [9.17, 15) is 9.59 Å². The first-order chi connectivity index (χ1) is 9.13. The molecule has 1 saturated heterocycles. The highest BCUT2D eigenvalue weighted by molar-refractivity contribution is 5.91. The maximum atomic E-state index is 12.2. The van der Waals surface area contributed by atoms with Gasteiger partial charge in [0.2, 0.25) is 11.8 Å². The van der Waals surface area contributed by atoms with Crippen molar-refractivity contribution in [3.8, 4) is 0 Å². The molecule has 1 fully saturated rings. The summed E-state index contributed by atoms with van der Waals surface area (Å²) in [6, 6.07) is 8.99. The lowest BCUT2D eigenvalue weighted by atomic mass is 9.98. The summed E-state index contributed by atoms with van der Waals surface area (Å²) in [7, 11) is 1.74. The molecule has 1 heterocycles. The molecule has 110 valence electrons. The number of hydrogen-bond donors (Lipinski definition) is 2. The van der Waals surface area contributed by atoms with Crippen LogP contribution in [-0.2, 0) is 9.59 Å². The van der Waals surface area contributed by atoms with Crippen molar-refractivity contribution in [2.24, 2.45) is 5.73 Å². The Morgan fingerprint density at radius 2 is 2.10 bits per heavy atom. The summed E-state index contributed by atoms with van der Waals surface area (Å²) in [6.45, 7) is 0.912. The van der Waals surface area contributed by atoms with Crippen molar-refractivity contribution < 1.29 is 9.59 Å². The van der Waals surface area contributed by atoms with Gasteiger partial charge < -0.3 is 16.0 Å². The minimum absolute atomic E-state index is 0. The maximum Gasteiger partial charge on any atom is 0.244 e. The van der Waals surface area contributed by atoms with Gasteiger partial charge >= 0.3 is 0 Å². The lowest BCUT2D eigenvalue weighted by Crippen LogP contribution is -2.44. The molecule has 2 unspecified atom stereocenters. The zero-order valence-corrected chi connectivity index (χ0v) is 12.2. The third-order valence-corrected chi connectivity index (χ3v) is 3.50. The van der Waals surface area contributed by atoms with Crippen molar-refractivity contribution >= 4 is 24.2 Å². The van der Waals surface area contributed by atoms with Gasteiger partial charge in [-0.2, -0.15) is 0 Å². The lowest BCUT2D eigenvalue weighted by Gasteiger charge is -2.18. The quantitative estimate of drug-likeness (QED) is 0.850. The van der Waals surface area contributed by atoms with E-state index in [1.807, 2.05) is 30.3 Å². The van der Waals surface area contributed by atoms with Crippen molar-refractivity contribution in [3.63, 3.8) is 0 Å². The van der Waals surface area contributed by atoms with Crippen molar-refractivity contribution in [1.29, 1.82) is 0 Å². The van der Waals surface area contributed by atoms with Gasteiger partial charge in [0.25, 0.3) is 0 Å². The third kappa shape index (κ3) is 3.49. The number of hydrogen-bond acceptors (Lipinski definition) is 3. The van der Waals surface area contributed by atoms with Crippen LogP contribution in [0.1, 0.15) is 17.9 Å². The summed E-state index contributed by atoms with van der Waals surface area (Å²) < 4.78 is 0. The van der Waals surface area contributed by atoms with Gasteiger partial charge in [0.05, 0.1) is 5.92 Å². The number of halogens is 1. The Morgan fingerprint density at radius 1 is 1.45 bits per heavy atom. The fourth-order valence-electron chi connectivity index (χ4n) is 2.31. The highest BCUT2D eigenvalue weighted by atomic mass is 35.5. The largest absolute Gasteiger partial charge is 0.344 e. The maximum absolute atomic E-state index is 12.2. The standard InChI is InChI=1S/C14H19N3O2.ClH/c1-17-8-7-12(14(17)19)16-13(18)11(9-15)10-5-3-2-4-6-10;/h2-6,11-12H,7-9,15H2,1H3,(H,16,18);1H. The second-order valence-corrected chi connectivity index (χ2v) is 4.81. The Morgan fingerprint density at radius 3 is 2.60 bits per heavy atom. The minimum Gasteiger partial charge on any atom is -0.344 e. The summed E-state index contributed by atoms with van der Waals surface area (Å²) >= 11 is 0. The van der Waals surface area contributed by atoms with Crippen LogP contribution in [-0.4, -0.2) is 42.9 Å². The normalized spacial score (nSPS) is 19.4. The molecule has 0 aliphatic carbocycles. The number of nitrogens with one attached hydrogen (secondary N) is 1. The average Bonchev–Trinajstić information content (AvgIpc) is 2.73. The molecule has 5 nitrogen and oxygen atoms in total. The van der Waals surface area contributed by atoms with Crippen LogP contribution in [0.3, 0.4) is 0 Å². The predicted molar refractivity (Wildman–Crippen MR) is 79.7 cm³/mol. The van der Waals surface area contributed by atoms with E-state index in [1.165, 1.54) is 0 Å². The van der Waals surface area contributed by atoms with Gasteiger partial charge in [0, 0.05) is 20.1 Å². The summed E-state index contributed by atoms with van der Waals surface area (Å²) in [5.41, 5.74) is 6.56. The molecular formula is C14H20ClN3O2. The van der Waals surface area contributed by atoms with Crippen LogP contribution in [0.15, 0.2) is 30.3 Å². The number of nitrogens with two attached hydrogens (primary N) is 1. The topological polar surface area (TPSA) is 75.4 Å². The molecule has 0 radical (unpaired) electrons. The molecule has 0 bridgehead atoms. The summed E-state index contributed by atoms with van der Waals surface area (Å²) in [6.07, 6.45) is 0.660. The van der Waals surface area contributed by atoms with Crippen molar-refractivity contribution in [1.82, 2.24) is 10.2 Å². The van der Waals surface area contributed by atoms with Crippen LogP contribution < -0.4 is 11.1 Å². The van der Waals surface area contributed by atoms with E-state index in [4.69, 9.17) is 5.73 Å². The fourth-order valence-corrected chi connectivity index (χ4v) is 2.31. The molecular weight excluding hydrogens is 278 g/mol. The van der Waals surface area contributed by atoms with Crippen LogP contribution in [0.2, 0.25) is 0 Å². The Labute approximate surface area is 124 Å². The van der Waals surface area contributed by atoms with Gasteiger partial charge in [-0.25, -0.2) is 0 Å². The molecule has 2 atom stereocenters. The number of likely N-dealkylation sites (tertiary alicyclic amines) is 1. The predicted octanol–water partition coefficient (Wildman–Crippen LogP) is 0.498. The van der Waals surface area contributed by atoms with Crippen LogP contribution in [0, 0.1) is 0 Å². The Kier molecular flexibility index (Phi) is 5.98. The molecule has 3 N–H and O–H groups in total. The SMILES string of the molecule is CN1CCC(NC(=O)C(CN)c2ccccc2)C1=O.Cl. The number of rotatable bonds is 4. The summed E-state index contributed by atoms with van der Waals surface area (Å²) in [4.78, 5) is 25.6. The van der Waals surface area contributed by atoms with E-state index in [0.717, 1.165) is 5.56 Å². The van der Waals surface area contributed by atoms with E-state index in [2.05, 4.69) is 5.32 Å². The van der Waals surface area contributed by atoms with Crippen LogP contribution in [0.4, 0.5) is 0 Å². The molecule has 1 aromatic carbocycles. The monoisotopic (exact) mass is 297 g/mol. The Balaban J connectivity index is 0.00000200. The first kappa shape index (κ1) is 16.5. The van der Waals surface area contributed by atoms with E-state index >= 15 is 0 Å². The first-order valence-electron chi connectivity index (χ1n) is 6.44. The van der Waals surface area contributed by atoms with Gasteiger partial charge in [0.1, 0.15) is 6.04 Å². The van der Waals surface area contributed by atoms with Gasteiger partial charge in [-0.05, 0) is 12.0 Å². The fraction of sp³-hybridized carbons (Fsp3) is 0.429. The number of carbonyl (C=O) groups excluding carboxylic acids is 2. The highest BCUT2D eigenvalue weighted by Crippen LogP contribution is 2.16. The number of amides is 2. The number of benzene rings is 1. The highest BCUT2D eigenvalue weighted by Gasteiger charge is 2.32. The van der Waals surface area contributed by atoms with Crippen LogP contribution in [0.25, 0.3) is 0 Å². The molecule has 0 saturated carbocycles. The third-order valence-electron chi connectivity index (χ3n) is 3.50. The number of nitrogens with zero attached hydrogens (tertiary/aromatic N) is 1. The van der Waals surface area contributed by atoms with E-state index in [-0.39, 0.29) is 30.8 Å². The van der Waals surface area contributed by atoms with Gasteiger partial charge in [0.15, 0.2) is 0 Å². The van der Waals surface area contributed by atoms with Crippen LogP contribution in [0.5, 0.6) is 0 Å². The molecule has 2 amide bonds. The molecule has 2 rings (SSSR count). The molecule has 0 spiro atoms. The zero-order chi connectivity index (χ0) is 13.8. The van der Waals surface area contributed by atoms with E-state index in [0.29, 0.717) is 13.0 Å². The Hall–Kier alpha value is -1.59. The second kappa shape index (κ2) is 7.26. The lowest BCUT2D eigenvalue weighted by molar-refractivity contribution is -0.132. The molecule has 6 heteroatoms. The first-order valence-corrected chi connectivity index (χ1v) is 6.44. The minimum atomic E-state index is -0.407. The summed E-state index contributed by atoms with van der Waals surface area (Å²) in [5.74, 6) is -0.612. The number of likely N-dealkylation sites (N-methyl/N-ethyl adjacent to an activating group) is 1. The Bertz CT molecular complexity index is 467. The average molecular weight is 298 g/mol. The van der Waals surface area contributed by atoms with Gasteiger partial charge in [-0.15, -0.1) is 12.4 Å². The molecule has 20 heavy (non-hydrogen) atoms. The zero-order valence-electron chi connectivity index (χ0n) is 11.4. The number of carbonyl (C=O) groups is 2. The van der Waals surface area contributed by atoms with E-state index in [1.54, 1.807) is 11.9 Å². The molecule has 1 aliphatic rings. The smallest absolute Gasteiger partial charge is 0.244 e. The molecule has 1 aliphatic heterocycles. The molecule has 1 aromatic rings. The second-order valence-electron chi connectivity index (χ2n) is 4.81. The van der Waals surface area contributed by atoms with Crippen molar-refractivity contribution in [2.75, 3.05) is 20.1 Å².